The van der Waals surface area contributed by atoms with E-state index in [4.69, 9.17) is 0 Å². The van der Waals surface area contributed by atoms with Crippen LogP contribution in [0.15, 0.2) is 158 Å². The minimum atomic E-state index is 1.08. The topological polar surface area (TPSA) is 9.86 Å². The van der Waals surface area contributed by atoms with Crippen LogP contribution in [-0.2, 0) is 0 Å². The third kappa shape index (κ3) is 3.88. The van der Waals surface area contributed by atoms with Gasteiger partial charge in [-0.3, -0.25) is 0 Å². The number of para-hydroxylation sites is 2. The fourth-order valence-electron chi connectivity index (χ4n) is 7.06. The molecule has 44 heavy (non-hydrogen) atoms. The van der Waals surface area contributed by atoms with Crippen LogP contribution in [0.1, 0.15) is 12.8 Å². The molecule has 2 aromatic heterocycles. The van der Waals surface area contributed by atoms with Crippen LogP contribution in [0.2, 0.25) is 0 Å². The van der Waals surface area contributed by atoms with Gasteiger partial charge >= 0.3 is 0 Å². The zero-order valence-corrected chi connectivity index (χ0v) is 24.3. The highest BCUT2D eigenvalue weighted by molar-refractivity contribution is 6.12. The summed E-state index contributed by atoms with van der Waals surface area (Å²) >= 11 is 0. The molecule has 6 aromatic carbocycles. The lowest BCUT2D eigenvalue weighted by Gasteiger charge is -2.13. The number of hydrogen-bond acceptors (Lipinski definition) is 0. The highest BCUT2D eigenvalue weighted by Gasteiger charge is 2.16. The molecule has 1 aliphatic rings. The van der Waals surface area contributed by atoms with Crippen LogP contribution < -0.4 is 0 Å². The Kier molecular flexibility index (Phi) is 5.67. The molecule has 208 valence electrons. The highest BCUT2D eigenvalue weighted by atomic mass is 15.0. The Morgan fingerprint density at radius 2 is 0.909 bits per heavy atom. The van der Waals surface area contributed by atoms with Crippen LogP contribution in [0, 0.1) is 0 Å². The van der Waals surface area contributed by atoms with E-state index >= 15 is 0 Å². The van der Waals surface area contributed by atoms with Crippen molar-refractivity contribution in [2.45, 2.75) is 12.8 Å². The highest BCUT2D eigenvalue weighted by Crippen LogP contribution is 2.38. The zero-order chi connectivity index (χ0) is 29.0. The molecule has 0 atom stereocenters. The Labute approximate surface area is 256 Å². The standard InChI is InChI=1S/C42H30N2/c1-3-11-29(12-4-1)30-19-23-34(24-20-30)44-40-18-10-8-16-36(40)38-26-22-32(28-42(38)44)31-21-25-37-35-15-7-9-17-39(35)43(41(37)27-31)33-13-5-2-6-14-33/h1,3-5,7-28H,2,6H2. The van der Waals surface area contributed by atoms with E-state index in [1.807, 2.05) is 0 Å². The van der Waals surface area contributed by atoms with Crippen molar-refractivity contribution in [1.82, 2.24) is 9.13 Å². The summed E-state index contributed by atoms with van der Waals surface area (Å²) in [6.07, 6.45) is 9.11. The van der Waals surface area contributed by atoms with Crippen molar-refractivity contribution in [3.05, 3.63) is 158 Å². The smallest absolute Gasteiger partial charge is 0.0547 e. The summed E-state index contributed by atoms with van der Waals surface area (Å²) in [5, 5.41) is 5.12. The van der Waals surface area contributed by atoms with Crippen molar-refractivity contribution >= 4 is 49.3 Å². The molecule has 2 heterocycles. The predicted molar refractivity (Wildman–Crippen MR) is 187 cm³/mol. The average molecular weight is 563 g/mol. The first kappa shape index (κ1) is 24.9. The molecule has 0 spiro atoms. The van der Waals surface area contributed by atoms with Gasteiger partial charge < -0.3 is 9.13 Å². The van der Waals surface area contributed by atoms with E-state index in [1.165, 1.54) is 77.2 Å². The summed E-state index contributed by atoms with van der Waals surface area (Å²) in [5.41, 5.74) is 12.3. The van der Waals surface area contributed by atoms with E-state index < -0.39 is 0 Å². The fraction of sp³-hybridized carbons (Fsp3) is 0.0476. The summed E-state index contributed by atoms with van der Waals surface area (Å²) < 4.78 is 4.85. The molecule has 2 heteroatoms. The number of aromatic nitrogens is 2. The van der Waals surface area contributed by atoms with Crippen LogP contribution in [0.25, 0.3) is 77.2 Å². The Hall–Kier alpha value is -5.60. The van der Waals surface area contributed by atoms with E-state index in [0.29, 0.717) is 0 Å². The van der Waals surface area contributed by atoms with Crippen molar-refractivity contribution in [2.75, 3.05) is 0 Å². The molecular formula is C42H30N2. The maximum atomic E-state index is 2.44. The largest absolute Gasteiger partial charge is 0.310 e. The molecule has 9 rings (SSSR count). The van der Waals surface area contributed by atoms with Crippen LogP contribution in [0.3, 0.4) is 0 Å². The van der Waals surface area contributed by atoms with Gasteiger partial charge in [0.15, 0.2) is 0 Å². The lowest BCUT2D eigenvalue weighted by molar-refractivity contribution is 1.02. The first-order valence-corrected chi connectivity index (χ1v) is 15.4. The molecule has 0 radical (unpaired) electrons. The molecule has 0 unspecified atom stereocenters. The maximum absolute atomic E-state index is 2.44. The number of rotatable bonds is 4. The van der Waals surface area contributed by atoms with Crippen molar-refractivity contribution < 1.29 is 0 Å². The molecule has 0 saturated heterocycles. The molecule has 0 saturated carbocycles. The van der Waals surface area contributed by atoms with E-state index in [0.717, 1.165) is 12.8 Å². The first-order chi connectivity index (χ1) is 21.8. The fourth-order valence-corrected chi connectivity index (χ4v) is 7.06. The SMILES string of the molecule is C1=CC(n2c3ccccc3c3ccc(-c4ccc5c6ccccc6n(-c6ccc(-c7ccccc7)cc6)c5c4)cc32)=CCC1. The molecule has 0 N–H and O–H groups in total. The van der Waals surface area contributed by atoms with Crippen LogP contribution in [0.5, 0.6) is 0 Å². The van der Waals surface area contributed by atoms with Gasteiger partial charge in [-0.25, -0.2) is 0 Å². The lowest BCUT2D eigenvalue weighted by atomic mass is 10.0. The summed E-state index contributed by atoms with van der Waals surface area (Å²) in [7, 11) is 0. The Balaban J connectivity index is 1.23. The van der Waals surface area contributed by atoms with Crippen molar-refractivity contribution in [1.29, 1.82) is 0 Å². The summed E-state index contributed by atoms with van der Waals surface area (Å²) in [4.78, 5) is 0. The Bertz CT molecular complexity index is 2410. The maximum Gasteiger partial charge on any atom is 0.0547 e. The first-order valence-electron chi connectivity index (χ1n) is 15.4. The molecule has 2 nitrogen and oxygen atoms in total. The number of benzene rings is 6. The van der Waals surface area contributed by atoms with E-state index in [-0.39, 0.29) is 0 Å². The number of hydrogen-bond donors (Lipinski definition) is 0. The average Bonchev–Trinajstić information content (AvgIpc) is 3.61. The van der Waals surface area contributed by atoms with Gasteiger partial charge in [0.25, 0.3) is 0 Å². The predicted octanol–water partition coefficient (Wildman–Crippen LogP) is 11.4. The van der Waals surface area contributed by atoms with Gasteiger partial charge in [0, 0.05) is 32.9 Å². The summed E-state index contributed by atoms with van der Waals surface area (Å²) in [5.74, 6) is 0. The van der Waals surface area contributed by atoms with E-state index in [2.05, 4.69) is 167 Å². The van der Waals surface area contributed by atoms with E-state index in [9.17, 15) is 0 Å². The normalized spacial score (nSPS) is 13.3. The minimum Gasteiger partial charge on any atom is -0.310 e. The van der Waals surface area contributed by atoms with Gasteiger partial charge in [-0.1, -0.05) is 115 Å². The lowest BCUT2D eigenvalue weighted by Crippen LogP contribution is -1.97. The Morgan fingerprint density at radius 3 is 1.55 bits per heavy atom. The molecule has 0 amide bonds. The second-order valence-corrected chi connectivity index (χ2v) is 11.7. The monoisotopic (exact) mass is 562 g/mol. The number of nitrogens with zero attached hydrogens (tertiary/aromatic N) is 2. The third-order valence-electron chi connectivity index (χ3n) is 9.15. The van der Waals surface area contributed by atoms with Gasteiger partial charge in [0.2, 0.25) is 0 Å². The summed E-state index contributed by atoms with van der Waals surface area (Å²) in [6.45, 7) is 0. The molecule has 0 bridgehead atoms. The van der Waals surface area contributed by atoms with Gasteiger partial charge in [-0.15, -0.1) is 0 Å². The van der Waals surface area contributed by atoms with Gasteiger partial charge in [0.05, 0.1) is 22.1 Å². The number of fused-ring (bicyclic) bond motifs is 6. The van der Waals surface area contributed by atoms with E-state index in [1.54, 1.807) is 0 Å². The summed E-state index contributed by atoms with van der Waals surface area (Å²) in [6, 6.07) is 51.0. The minimum absolute atomic E-state index is 1.08. The molecule has 8 aromatic rings. The zero-order valence-electron chi connectivity index (χ0n) is 24.3. The molecule has 0 aliphatic heterocycles. The third-order valence-corrected chi connectivity index (χ3v) is 9.15. The quantitative estimate of drug-likeness (QED) is 0.202. The molecular weight excluding hydrogens is 532 g/mol. The van der Waals surface area contributed by atoms with Gasteiger partial charge in [0.1, 0.15) is 0 Å². The second-order valence-electron chi connectivity index (χ2n) is 11.7. The van der Waals surface area contributed by atoms with Crippen molar-refractivity contribution in [3.63, 3.8) is 0 Å². The van der Waals surface area contributed by atoms with Gasteiger partial charge in [-0.05, 0) is 77.6 Å². The van der Waals surface area contributed by atoms with Crippen LogP contribution in [0.4, 0.5) is 0 Å². The molecule has 0 fully saturated rings. The Morgan fingerprint density at radius 1 is 0.386 bits per heavy atom. The number of allylic oxidation sites excluding steroid dienone is 4. The van der Waals surface area contributed by atoms with Crippen molar-refractivity contribution in [3.8, 4) is 27.9 Å². The van der Waals surface area contributed by atoms with Crippen molar-refractivity contribution in [2.24, 2.45) is 0 Å². The molecule has 1 aliphatic carbocycles. The second kappa shape index (κ2) is 10.00. The van der Waals surface area contributed by atoms with Crippen LogP contribution >= 0.6 is 0 Å². The van der Waals surface area contributed by atoms with Crippen LogP contribution in [-0.4, -0.2) is 9.13 Å². The van der Waals surface area contributed by atoms with Gasteiger partial charge in [-0.2, -0.15) is 0 Å².